The molecule has 1 saturated heterocycles. The maximum absolute atomic E-state index is 10.1. The van der Waals surface area contributed by atoms with Gasteiger partial charge in [-0.15, -0.1) is 0 Å². The number of nitrogens with zero attached hydrogens (tertiary/aromatic N) is 1. The Morgan fingerprint density at radius 1 is 1.41 bits per heavy atom. The number of phosphoric acid groups is 1. The minimum absolute atomic E-state index is 0.917. The van der Waals surface area contributed by atoms with Crippen LogP contribution < -0.4 is 0 Å². The Kier molecular flexibility index (Phi) is 9.10. The van der Waals surface area contributed by atoms with E-state index in [0.29, 0.717) is 0 Å². The molecule has 1 heterocycles. The molecule has 1 aliphatic rings. The van der Waals surface area contributed by atoms with Crippen molar-refractivity contribution in [2.45, 2.75) is 45.1 Å². The summed E-state index contributed by atoms with van der Waals surface area (Å²) in [6.07, 6.45) is 7.05. The van der Waals surface area contributed by atoms with Gasteiger partial charge < -0.3 is 9.79 Å². The molecule has 1 N–H and O–H groups in total. The topological polar surface area (TPSA) is 59.0 Å². The molecule has 1 rings (SSSR count). The summed E-state index contributed by atoms with van der Waals surface area (Å²) in [7, 11) is 0.806. The van der Waals surface area contributed by atoms with Gasteiger partial charge in [0.25, 0.3) is 0 Å². The molecule has 5 nitrogen and oxygen atoms in total. The average Bonchev–Trinajstić information content (AvgIpc) is 2.73. The molecule has 0 radical (unpaired) electrons. The third-order valence-electron chi connectivity index (χ3n) is 3.02. The molecule has 0 amide bonds. The molecular formula is C11H26NO4P. The number of unbranched alkanes of at least 4 members (excludes halogenated alkanes) is 1. The fourth-order valence-electron chi connectivity index (χ4n) is 1.86. The number of phosphoric ester groups is 1. The van der Waals surface area contributed by atoms with Gasteiger partial charge >= 0.3 is 7.82 Å². The van der Waals surface area contributed by atoms with E-state index in [1.165, 1.54) is 38.6 Å². The fourth-order valence-corrected chi connectivity index (χ4v) is 2.01. The number of hydrogen-bond donors (Lipinski definition) is 1. The van der Waals surface area contributed by atoms with Gasteiger partial charge in [-0.2, -0.15) is 0 Å². The van der Waals surface area contributed by atoms with Crippen molar-refractivity contribution in [2.24, 2.45) is 0 Å². The standard InChI is InChI=1S/C9H19N.C2H7O4P/c1-3-4-6-9-7-5-8-10(9)2;1-5-7(3,4)6-2/h9H,3-8H2,1-2H3;1-2H3,(H,3,4). The predicted octanol–water partition coefficient (Wildman–Crippen LogP) is 2.65. The first-order chi connectivity index (χ1) is 7.96. The van der Waals surface area contributed by atoms with Gasteiger partial charge in [0.2, 0.25) is 0 Å². The van der Waals surface area contributed by atoms with Gasteiger partial charge in [-0.1, -0.05) is 19.8 Å². The zero-order valence-electron chi connectivity index (χ0n) is 11.4. The molecule has 17 heavy (non-hydrogen) atoms. The molecule has 6 heteroatoms. The van der Waals surface area contributed by atoms with E-state index in [1.54, 1.807) is 0 Å². The Labute approximate surface area is 105 Å². The van der Waals surface area contributed by atoms with Crippen LogP contribution in [-0.4, -0.2) is 43.6 Å². The highest BCUT2D eigenvalue weighted by Crippen LogP contribution is 2.40. The molecule has 0 spiro atoms. The van der Waals surface area contributed by atoms with Crippen LogP contribution in [0.1, 0.15) is 39.0 Å². The SMILES string of the molecule is CCCCC1CCCN1C.COP(=O)(O)OC. The van der Waals surface area contributed by atoms with Gasteiger partial charge in [0, 0.05) is 20.3 Å². The van der Waals surface area contributed by atoms with Crippen LogP contribution in [0.25, 0.3) is 0 Å². The van der Waals surface area contributed by atoms with Crippen molar-refractivity contribution in [3.05, 3.63) is 0 Å². The van der Waals surface area contributed by atoms with E-state index in [1.807, 2.05) is 0 Å². The molecule has 0 aromatic rings. The van der Waals surface area contributed by atoms with Gasteiger partial charge in [-0.3, -0.25) is 9.05 Å². The monoisotopic (exact) mass is 267 g/mol. The zero-order valence-corrected chi connectivity index (χ0v) is 12.3. The van der Waals surface area contributed by atoms with Gasteiger partial charge in [0.15, 0.2) is 0 Å². The molecule has 0 bridgehead atoms. The maximum Gasteiger partial charge on any atom is 0.471 e. The normalized spacial score (nSPS) is 21.1. The molecule has 1 aliphatic heterocycles. The summed E-state index contributed by atoms with van der Waals surface area (Å²) in [4.78, 5) is 10.8. The van der Waals surface area contributed by atoms with Crippen LogP contribution in [0.5, 0.6) is 0 Å². The molecule has 1 fully saturated rings. The summed E-state index contributed by atoms with van der Waals surface area (Å²) in [5, 5.41) is 0. The fraction of sp³-hybridized carbons (Fsp3) is 1.00. The second-order valence-corrected chi connectivity index (χ2v) is 5.92. The smallest absolute Gasteiger partial charge is 0.303 e. The van der Waals surface area contributed by atoms with E-state index in [4.69, 9.17) is 4.89 Å². The Morgan fingerprint density at radius 2 is 2.00 bits per heavy atom. The third kappa shape index (κ3) is 7.90. The summed E-state index contributed by atoms with van der Waals surface area (Å²) in [6.45, 7) is 3.60. The van der Waals surface area contributed by atoms with Gasteiger partial charge in [-0.25, -0.2) is 4.57 Å². The highest BCUT2D eigenvalue weighted by atomic mass is 31.2. The van der Waals surface area contributed by atoms with Crippen molar-refractivity contribution >= 4 is 7.82 Å². The van der Waals surface area contributed by atoms with E-state index in [-0.39, 0.29) is 0 Å². The maximum atomic E-state index is 10.1. The first kappa shape index (κ1) is 17.1. The Bertz CT molecular complexity index is 230. The lowest BCUT2D eigenvalue weighted by atomic mass is 10.1. The van der Waals surface area contributed by atoms with Crippen molar-refractivity contribution < 1.29 is 18.5 Å². The highest BCUT2D eigenvalue weighted by Gasteiger charge is 2.19. The van der Waals surface area contributed by atoms with Crippen molar-refractivity contribution in [2.75, 3.05) is 27.8 Å². The first-order valence-electron chi connectivity index (χ1n) is 6.11. The van der Waals surface area contributed by atoms with Crippen molar-refractivity contribution in [1.29, 1.82) is 0 Å². The van der Waals surface area contributed by atoms with Crippen LogP contribution in [0.3, 0.4) is 0 Å². The quantitative estimate of drug-likeness (QED) is 0.776. The lowest BCUT2D eigenvalue weighted by molar-refractivity contribution is 0.204. The summed E-state index contributed by atoms with van der Waals surface area (Å²) in [5.41, 5.74) is 0. The second-order valence-electron chi connectivity index (χ2n) is 4.25. The lowest BCUT2D eigenvalue weighted by Crippen LogP contribution is -2.24. The first-order valence-corrected chi connectivity index (χ1v) is 7.60. The van der Waals surface area contributed by atoms with Gasteiger partial charge in [0.1, 0.15) is 0 Å². The molecule has 0 aliphatic carbocycles. The summed E-state index contributed by atoms with van der Waals surface area (Å²) < 4.78 is 18.0. The van der Waals surface area contributed by atoms with Gasteiger partial charge in [-0.05, 0) is 32.9 Å². The average molecular weight is 267 g/mol. The number of rotatable bonds is 5. The van der Waals surface area contributed by atoms with Crippen LogP contribution in [0, 0.1) is 0 Å². The van der Waals surface area contributed by atoms with Crippen LogP contribution in [0.4, 0.5) is 0 Å². The minimum Gasteiger partial charge on any atom is -0.303 e. The molecule has 0 saturated carbocycles. The predicted molar refractivity (Wildman–Crippen MR) is 69.0 cm³/mol. The molecule has 0 aromatic carbocycles. The Hall–Kier alpha value is 0.0700. The highest BCUT2D eigenvalue weighted by molar-refractivity contribution is 7.47. The zero-order chi connectivity index (χ0) is 13.3. The minimum atomic E-state index is -3.65. The van der Waals surface area contributed by atoms with Gasteiger partial charge in [0.05, 0.1) is 0 Å². The summed E-state index contributed by atoms with van der Waals surface area (Å²) in [6, 6.07) is 0.917. The molecule has 0 aromatic heterocycles. The molecular weight excluding hydrogens is 241 g/mol. The van der Waals surface area contributed by atoms with E-state index in [2.05, 4.69) is 27.9 Å². The third-order valence-corrected chi connectivity index (χ3v) is 3.95. The Balaban J connectivity index is 0.000000325. The molecule has 1 unspecified atom stereocenters. The summed E-state index contributed by atoms with van der Waals surface area (Å²) >= 11 is 0. The van der Waals surface area contributed by atoms with Crippen molar-refractivity contribution in [1.82, 2.24) is 4.90 Å². The summed E-state index contributed by atoms with van der Waals surface area (Å²) in [5.74, 6) is 0. The largest absolute Gasteiger partial charge is 0.471 e. The second kappa shape index (κ2) is 9.06. The van der Waals surface area contributed by atoms with Crippen molar-refractivity contribution in [3.8, 4) is 0 Å². The van der Waals surface area contributed by atoms with Crippen LogP contribution in [0.2, 0.25) is 0 Å². The van der Waals surface area contributed by atoms with Crippen LogP contribution >= 0.6 is 7.82 Å². The van der Waals surface area contributed by atoms with Crippen LogP contribution in [0.15, 0.2) is 0 Å². The van der Waals surface area contributed by atoms with Crippen molar-refractivity contribution in [3.63, 3.8) is 0 Å². The number of hydrogen-bond acceptors (Lipinski definition) is 4. The van der Waals surface area contributed by atoms with E-state index >= 15 is 0 Å². The number of likely N-dealkylation sites (tertiary alicyclic amines) is 1. The molecule has 1 atom stereocenters. The van der Waals surface area contributed by atoms with E-state index in [9.17, 15) is 4.57 Å². The lowest BCUT2D eigenvalue weighted by Gasteiger charge is -2.18. The molecule has 104 valence electrons. The van der Waals surface area contributed by atoms with E-state index in [0.717, 1.165) is 20.3 Å². The van der Waals surface area contributed by atoms with Crippen LogP contribution in [-0.2, 0) is 13.6 Å². The van der Waals surface area contributed by atoms with E-state index < -0.39 is 7.82 Å². The Morgan fingerprint density at radius 3 is 2.29 bits per heavy atom.